The van der Waals surface area contributed by atoms with Gasteiger partial charge < -0.3 is 24.8 Å². The monoisotopic (exact) mass is 665 g/mol. The number of hydrogen-bond acceptors (Lipinski definition) is 10. The van der Waals surface area contributed by atoms with Crippen molar-refractivity contribution in [3.05, 3.63) is 100 Å². The maximum absolute atomic E-state index is 13.9. The van der Waals surface area contributed by atoms with E-state index in [1.54, 1.807) is 12.1 Å². The van der Waals surface area contributed by atoms with Crippen LogP contribution in [-0.2, 0) is 22.4 Å². The number of nitrogens with one attached hydrogen (secondary N) is 2. The Balaban J connectivity index is 0.000000241. The van der Waals surface area contributed by atoms with Crippen LogP contribution < -0.4 is 15.1 Å². The van der Waals surface area contributed by atoms with Crippen molar-refractivity contribution in [2.24, 2.45) is 0 Å². The van der Waals surface area contributed by atoms with Crippen LogP contribution in [0.1, 0.15) is 66.1 Å². The van der Waals surface area contributed by atoms with E-state index in [2.05, 4.69) is 42.8 Å². The molecule has 1 aliphatic carbocycles. The minimum Gasteiger partial charge on any atom is -0.477 e. The molecule has 1 aromatic carbocycles. The summed E-state index contributed by atoms with van der Waals surface area (Å²) >= 11 is 5.47. The molecule has 15 heteroatoms. The number of halogens is 2. The summed E-state index contributed by atoms with van der Waals surface area (Å²) in [6.07, 6.45) is 5.39. The Morgan fingerprint density at radius 1 is 1.23 bits per heavy atom. The van der Waals surface area contributed by atoms with Crippen LogP contribution in [0.15, 0.2) is 55.4 Å². The van der Waals surface area contributed by atoms with Crippen LogP contribution in [0.3, 0.4) is 0 Å². The molecule has 0 saturated carbocycles. The minimum atomic E-state index is -1.39. The molecule has 1 saturated heterocycles. The van der Waals surface area contributed by atoms with Gasteiger partial charge >= 0.3 is 11.9 Å². The summed E-state index contributed by atoms with van der Waals surface area (Å²) in [5, 5.41) is 15.9. The zero-order valence-corrected chi connectivity index (χ0v) is 26.3. The number of carboxylic acids is 1. The molecule has 6 rings (SSSR count). The zero-order chi connectivity index (χ0) is 33.5. The first-order valence-electron chi connectivity index (χ1n) is 14.8. The molecule has 2 aliphatic rings. The summed E-state index contributed by atoms with van der Waals surface area (Å²) in [5.41, 5.74) is 3.21. The second-order valence-corrected chi connectivity index (χ2v) is 11.0. The largest absolute Gasteiger partial charge is 0.477 e. The molecular weight excluding hydrogens is 633 g/mol. The van der Waals surface area contributed by atoms with Gasteiger partial charge in [-0.25, -0.2) is 33.3 Å². The van der Waals surface area contributed by atoms with Crippen LogP contribution in [0.5, 0.6) is 0 Å². The fourth-order valence-corrected chi connectivity index (χ4v) is 5.67. The SMILES string of the molecule is C=CCOC(=O)c1ccc2c(c1C)CC[C@@H]2NC(=O)c1cc(C(=O)O)nc2c(F)cnn12.ClNCc1ccnc(N2CCOCC2)c1. The molecule has 4 heterocycles. The number of amides is 1. The molecule has 0 bridgehead atoms. The van der Waals surface area contributed by atoms with Gasteiger partial charge in [-0.2, -0.15) is 5.10 Å². The van der Waals surface area contributed by atoms with Gasteiger partial charge in [-0.15, -0.1) is 0 Å². The fraction of sp³-hybridized carbons (Fsp3) is 0.312. The number of pyridine rings is 1. The van der Waals surface area contributed by atoms with E-state index in [4.69, 9.17) is 21.3 Å². The van der Waals surface area contributed by atoms with Crippen molar-refractivity contribution in [1.82, 2.24) is 29.7 Å². The van der Waals surface area contributed by atoms with Gasteiger partial charge in [0, 0.05) is 31.9 Å². The molecule has 47 heavy (non-hydrogen) atoms. The predicted molar refractivity (Wildman–Crippen MR) is 170 cm³/mol. The van der Waals surface area contributed by atoms with Crippen molar-refractivity contribution in [3.63, 3.8) is 0 Å². The molecule has 246 valence electrons. The lowest BCUT2D eigenvalue weighted by Gasteiger charge is -2.27. The van der Waals surface area contributed by atoms with Gasteiger partial charge in [0.15, 0.2) is 17.2 Å². The van der Waals surface area contributed by atoms with E-state index in [9.17, 15) is 23.9 Å². The molecule has 1 atom stereocenters. The van der Waals surface area contributed by atoms with Crippen molar-refractivity contribution in [3.8, 4) is 0 Å². The van der Waals surface area contributed by atoms with Crippen molar-refractivity contribution in [2.45, 2.75) is 32.4 Å². The molecule has 1 fully saturated rings. The number of aromatic carboxylic acids is 1. The molecule has 3 aromatic heterocycles. The van der Waals surface area contributed by atoms with Gasteiger partial charge in [0.2, 0.25) is 0 Å². The average molecular weight is 666 g/mol. The van der Waals surface area contributed by atoms with Crippen molar-refractivity contribution < 1.29 is 33.4 Å². The molecule has 3 N–H and O–H groups in total. The third-order valence-corrected chi connectivity index (χ3v) is 7.98. The smallest absolute Gasteiger partial charge is 0.354 e. The Hall–Kier alpha value is -4.92. The molecule has 13 nitrogen and oxygen atoms in total. The number of fused-ring (bicyclic) bond motifs is 2. The van der Waals surface area contributed by atoms with E-state index in [0.29, 0.717) is 24.9 Å². The van der Waals surface area contributed by atoms with E-state index < -0.39 is 29.4 Å². The van der Waals surface area contributed by atoms with Crippen LogP contribution in [-0.4, -0.2) is 75.4 Å². The number of carbonyl (C=O) groups is 3. The number of carboxylic acid groups (broad SMARTS) is 1. The number of anilines is 1. The quantitative estimate of drug-likeness (QED) is 0.136. The lowest BCUT2D eigenvalue weighted by molar-refractivity contribution is 0.0548. The Kier molecular flexibility index (Phi) is 10.8. The summed E-state index contributed by atoms with van der Waals surface area (Å²) in [7, 11) is 0. The van der Waals surface area contributed by atoms with Crippen LogP contribution >= 0.6 is 11.8 Å². The number of hydrogen-bond donors (Lipinski definition) is 3. The Morgan fingerprint density at radius 3 is 2.74 bits per heavy atom. The summed E-state index contributed by atoms with van der Waals surface area (Å²) in [4.78, 5) is 49.5. The number of carbonyl (C=O) groups excluding carboxylic acids is 2. The highest BCUT2D eigenvalue weighted by Gasteiger charge is 2.29. The normalized spacial score (nSPS) is 15.4. The highest BCUT2D eigenvalue weighted by atomic mass is 35.5. The molecule has 0 radical (unpaired) electrons. The topological polar surface area (TPSA) is 160 Å². The van der Waals surface area contributed by atoms with Gasteiger partial charge in [-0.1, -0.05) is 18.7 Å². The minimum absolute atomic E-state index is 0.112. The average Bonchev–Trinajstić information content (AvgIpc) is 3.67. The number of esters is 1. The Bertz CT molecular complexity index is 1810. The number of rotatable bonds is 9. The maximum atomic E-state index is 13.9. The van der Waals surface area contributed by atoms with E-state index in [1.165, 1.54) is 6.08 Å². The molecule has 0 spiro atoms. The zero-order valence-electron chi connectivity index (χ0n) is 25.5. The fourth-order valence-electron chi connectivity index (χ4n) is 5.52. The first-order chi connectivity index (χ1) is 22.7. The molecule has 1 aliphatic heterocycles. The van der Waals surface area contributed by atoms with Crippen molar-refractivity contribution in [2.75, 3.05) is 37.8 Å². The third-order valence-electron chi connectivity index (χ3n) is 7.85. The van der Waals surface area contributed by atoms with Crippen LogP contribution in [0.4, 0.5) is 10.2 Å². The van der Waals surface area contributed by atoms with Crippen LogP contribution in [0.25, 0.3) is 5.65 Å². The van der Waals surface area contributed by atoms with Crippen molar-refractivity contribution >= 4 is 41.1 Å². The van der Waals surface area contributed by atoms with E-state index in [0.717, 1.165) is 71.2 Å². The van der Waals surface area contributed by atoms with Gasteiger partial charge in [0.05, 0.1) is 31.0 Å². The van der Waals surface area contributed by atoms with E-state index in [1.807, 2.05) is 19.2 Å². The highest BCUT2D eigenvalue weighted by molar-refractivity contribution is 6.13. The van der Waals surface area contributed by atoms with Gasteiger partial charge in [0.1, 0.15) is 18.1 Å². The third kappa shape index (κ3) is 7.56. The highest BCUT2D eigenvalue weighted by Crippen LogP contribution is 2.35. The van der Waals surface area contributed by atoms with Crippen molar-refractivity contribution in [1.29, 1.82) is 0 Å². The lowest BCUT2D eigenvalue weighted by atomic mass is 9.98. The standard InChI is InChI=1S/C22H19FN4O5.C10H14ClN3O/c1-3-8-32-22(31)13-4-5-14-12(11(13)2)6-7-16(14)26-20(28)18-9-17(21(29)30)25-19-15(23)10-24-27(18)19;11-13-8-9-1-2-12-10(7-9)14-3-5-15-6-4-14/h3-5,9-10,16H,1,6-8H2,2H3,(H,26,28)(H,29,30);1-2,7,13H,3-6,8H2/t16-;/m0./s1. The van der Waals surface area contributed by atoms with E-state index in [-0.39, 0.29) is 24.0 Å². The van der Waals surface area contributed by atoms with E-state index >= 15 is 0 Å². The number of ether oxygens (including phenoxy) is 2. The van der Waals surface area contributed by atoms with Gasteiger partial charge in [0.25, 0.3) is 5.91 Å². The molecule has 4 aromatic rings. The van der Waals surface area contributed by atoms with Crippen LogP contribution in [0.2, 0.25) is 0 Å². The number of nitrogens with zero attached hydrogens (tertiary/aromatic N) is 5. The Labute approximate surface area is 274 Å². The number of aromatic nitrogens is 4. The second kappa shape index (κ2) is 15.1. The first kappa shape index (κ1) is 33.4. The number of benzene rings is 1. The first-order valence-corrected chi connectivity index (χ1v) is 15.2. The number of morpholine rings is 1. The molecular formula is C32H33ClFN7O6. The predicted octanol–water partition coefficient (Wildman–Crippen LogP) is 3.80. The van der Waals surface area contributed by atoms with Gasteiger partial charge in [-0.05, 0) is 72.0 Å². The maximum Gasteiger partial charge on any atom is 0.354 e. The summed E-state index contributed by atoms with van der Waals surface area (Å²) < 4.78 is 25.3. The van der Waals surface area contributed by atoms with Crippen LogP contribution in [0, 0.1) is 12.7 Å². The lowest BCUT2D eigenvalue weighted by Crippen LogP contribution is -2.36. The summed E-state index contributed by atoms with van der Waals surface area (Å²) in [6, 6.07) is 8.12. The molecule has 1 amide bonds. The molecule has 0 unspecified atom stereocenters. The Morgan fingerprint density at radius 2 is 2.02 bits per heavy atom. The summed E-state index contributed by atoms with van der Waals surface area (Å²) in [5.74, 6) is -2.28. The van der Waals surface area contributed by atoms with Gasteiger partial charge in [-0.3, -0.25) is 4.79 Å². The second-order valence-electron chi connectivity index (χ2n) is 10.7. The summed E-state index contributed by atoms with van der Waals surface area (Å²) in [6.45, 7) is 9.48.